The van der Waals surface area contributed by atoms with Crippen molar-refractivity contribution < 1.29 is 9.47 Å². The zero-order chi connectivity index (χ0) is 15.5. The largest absolute Gasteiger partial charge is 0.496 e. The van der Waals surface area contributed by atoms with Gasteiger partial charge in [-0.25, -0.2) is 4.98 Å². The normalized spacial score (nSPS) is 10.6. The SMILES string of the molecule is COc1cccc(OC)c1Cc1cc2ccncc2nc1N. The highest BCUT2D eigenvalue weighted by Crippen LogP contribution is 2.32. The Bertz CT molecular complexity index is 796. The van der Waals surface area contributed by atoms with E-state index in [0.717, 1.165) is 33.5 Å². The van der Waals surface area contributed by atoms with E-state index in [9.17, 15) is 0 Å². The third-order valence-corrected chi connectivity index (χ3v) is 3.63. The van der Waals surface area contributed by atoms with E-state index in [1.165, 1.54) is 0 Å². The summed E-state index contributed by atoms with van der Waals surface area (Å²) in [5, 5.41) is 1.01. The average Bonchev–Trinajstić information content (AvgIpc) is 2.55. The van der Waals surface area contributed by atoms with Crippen molar-refractivity contribution in [2.45, 2.75) is 6.42 Å². The fourth-order valence-corrected chi connectivity index (χ4v) is 2.51. The second-order valence-corrected chi connectivity index (χ2v) is 4.92. The van der Waals surface area contributed by atoms with E-state index in [1.54, 1.807) is 26.6 Å². The maximum Gasteiger partial charge on any atom is 0.127 e. The first-order chi connectivity index (χ1) is 10.7. The van der Waals surface area contributed by atoms with Gasteiger partial charge in [-0.2, -0.15) is 0 Å². The molecule has 0 fully saturated rings. The van der Waals surface area contributed by atoms with Crippen molar-refractivity contribution >= 4 is 16.7 Å². The van der Waals surface area contributed by atoms with Gasteiger partial charge in [0, 0.05) is 23.6 Å². The van der Waals surface area contributed by atoms with Crippen LogP contribution in [0.3, 0.4) is 0 Å². The van der Waals surface area contributed by atoms with E-state index >= 15 is 0 Å². The van der Waals surface area contributed by atoms with E-state index in [0.29, 0.717) is 12.2 Å². The molecule has 0 atom stereocenters. The van der Waals surface area contributed by atoms with Gasteiger partial charge in [0.2, 0.25) is 0 Å². The van der Waals surface area contributed by atoms with Crippen molar-refractivity contribution in [3.05, 3.63) is 53.9 Å². The Labute approximate surface area is 128 Å². The molecule has 3 aromatic rings. The van der Waals surface area contributed by atoms with Crippen LogP contribution in [-0.2, 0) is 6.42 Å². The second-order valence-electron chi connectivity index (χ2n) is 4.92. The summed E-state index contributed by atoms with van der Waals surface area (Å²) in [6.45, 7) is 0. The number of pyridine rings is 2. The standard InChI is InChI=1S/C17H17N3O2/c1-21-15-4-3-5-16(22-2)13(15)9-12-8-11-6-7-19-10-14(11)20-17(12)18/h3-8,10H,9H2,1-2H3,(H2,18,20). The molecule has 22 heavy (non-hydrogen) atoms. The van der Waals surface area contributed by atoms with Crippen LogP contribution in [0.15, 0.2) is 42.7 Å². The number of nitrogen functional groups attached to an aromatic ring is 1. The zero-order valence-corrected chi connectivity index (χ0v) is 12.5. The highest BCUT2D eigenvalue weighted by Gasteiger charge is 2.13. The van der Waals surface area contributed by atoms with Gasteiger partial charge in [-0.1, -0.05) is 6.07 Å². The minimum Gasteiger partial charge on any atom is -0.496 e. The Balaban J connectivity index is 2.08. The second kappa shape index (κ2) is 5.89. The van der Waals surface area contributed by atoms with Gasteiger partial charge in [-0.3, -0.25) is 4.98 Å². The van der Waals surface area contributed by atoms with Gasteiger partial charge in [-0.05, 0) is 29.8 Å². The number of aromatic nitrogens is 2. The topological polar surface area (TPSA) is 70.3 Å². The van der Waals surface area contributed by atoms with Gasteiger partial charge < -0.3 is 15.2 Å². The number of rotatable bonds is 4. The van der Waals surface area contributed by atoms with Gasteiger partial charge >= 0.3 is 0 Å². The van der Waals surface area contributed by atoms with E-state index in [-0.39, 0.29) is 0 Å². The van der Waals surface area contributed by atoms with Gasteiger partial charge in [-0.15, -0.1) is 0 Å². The van der Waals surface area contributed by atoms with Crippen LogP contribution in [-0.4, -0.2) is 24.2 Å². The molecular weight excluding hydrogens is 278 g/mol. The van der Waals surface area contributed by atoms with Crippen molar-refractivity contribution in [2.24, 2.45) is 0 Å². The Kier molecular flexibility index (Phi) is 3.78. The van der Waals surface area contributed by atoms with Crippen LogP contribution in [0.4, 0.5) is 5.82 Å². The maximum absolute atomic E-state index is 6.10. The molecule has 0 saturated heterocycles. The number of benzene rings is 1. The first-order valence-corrected chi connectivity index (χ1v) is 6.92. The van der Waals surface area contributed by atoms with Crippen LogP contribution in [0, 0.1) is 0 Å². The quantitative estimate of drug-likeness (QED) is 0.801. The van der Waals surface area contributed by atoms with Crippen molar-refractivity contribution in [1.82, 2.24) is 9.97 Å². The van der Waals surface area contributed by atoms with Crippen LogP contribution < -0.4 is 15.2 Å². The van der Waals surface area contributed by atoms with Crippen molar-refractivity contribution in [3.63, 3.8) is 0 Å². The number of hydrogen-bond donors (Lipinski definition) is 1. The summed E-state index contributed by atoms with van der Waals surface area (Å²) in [5.41, 5.74) is 8.77. The van der Waals surface area contributed by atoms with E-state index < -0.39 is 0 Å². The molecule has 2 N–H and O–H groups in total. The predicted octanol–water partition coefficient (Wildman–Crippen LogP) is 2.82. The third kappa shape index (κ3) is 2.53. The molecule has 3 rings (SSSR count). The Morgan fingerprint density at radius 3 is 2.50 bits per heavy atom. The van der Waals surface area contributed by atoms with Crippen LogP contribution in [0.2, 0.25) is 0 Å². The number of hydrogen-bond acceptors (Lipinski definition) is 5. The smallest absolute Gasteiger partial charge is 0.127 e. The lowest BCUT2D eigenvalue weighted by Gasteiger charge is -2.14. The summed E-state index contributed by atoms with van der Waals surface area (Å²) in [4.78, 5) is 8.48. The fourth-order valence-electron chi connectivity index (χ4n) is 2.51. The summed E-state index contributed by atoms with van der Waals surface area (Å²) in [5.74, 6) is 2.04. The molecule has 0 saturated carbocycles. The molecule has 0 spiro atoms. The predicted molar refractivity (Wildman–Crippen MR) is 86.3 cm³/mol. The lowest BCUT2D eigenvalue weighted by atomic mass is 10.0. The number of anilines is 1. The minimum absolute atomic E-state index is 0.494. The Morgan fingerprint density at radius 1 is 1.09 bits per heavy atom. The lowest BCUT2D eigenvalue weighted by molar-refractivity contribution is 0.387. The molecule has 0 bridgehead atoms. The first kappa shape index (κ1) is 14.1. The van der Waals surface area contributed by atoms with E-state index in [1.807, 2.05) is 30.3 Å². The van der Waals surface area contributed by atoms with Crippen LogP contribution in [0.25, 0.3) is 10.9 Å². The average molecular weight is 295 g/mol. The highest BCUT2D eigenvalue weighted by molar-refractivity contribution is 5.80. The number of methoxy groups -OCH3 is 2. The molecular formula is C17H17N3O2. The van der Waals surface area contributed by atoms with Gasteiger partial charge in [0.05, 0.1) is 25.9 Å². The van der Waals surface area contributed by atoms with Gasteiger partial charge in [0.1, 0.15) is 17.3 Å². The molecule has 2 aromatic heterocycles. The summed E-state index contributed by atoms with van der Waals surface area (Å²) in [6.07, 6.45) is 4.04. The van der Waals surface area contributed by atoms with Crippen molar-refractivity contribution in [3.8, 4) is 11.5 Å². The molecule has 2 heterocycles. The van der Waals surface area contributed by atoms with Crippen LogP contribution in [0.1, 0.15) is 11.1 Å². The Hall–Kier alpha value is -2.82. The number of nitrogens with zero attached hydrogens (tertiary/aromatic N) is 2. The minimum atomic E-state index is 0.494. The molecule has 0 aliphatic carbocycles. The molecule has 1 aromatic carbocycles. The maximum atomic E-state index is 6.10. The van der Waals surface area contributed by atoms with Crippen molar-refractivity contribution in [1.29, 1.82) is 0 Å². The molecule has 5 nitrogen and oxygen atoms in total. The molecule has 0 aliphatic rings. The highest BCUT2D eigenvalue weighted by atomic mass is 16.5. The molecule has 0 unspecified atom stereocenters. The van der Waals surface area contributed by atoms with E-state index in [4.69, 9.17) is 15.2 Å². The molecule has 0 radical (unpaired) electrons. The fraction of sp³-hybridized carbons (Fsp3) is 0.176. The summed E-state index contributed by atoms with van der Waals surface area (Å²) in [7, 11) is 3.29. The first-order valence-electron chi connectivity index (χ1n) is 6.92. The molecule has 0 aliphatic heterocycles. The number of fused-ring (bicyclic) bond motifs is 1. The molecule has 112 valence electrons. The summed E-state index contributed by atoms with van der Waals surface area (Å²) < 4.78 is 10.9. The number of ether oxygens (including phenoxy) is 2. The summed E-state index contributed by atoms with van der Waals surface area (Å²) in [6, 6.07) is 9.67. The lowest BCUT2D eigenvalue weighted by Crippen LogP contribution is -2.02. The van der Waals surface area contributed by atoms with Crippen LogP contribution >= 0.6 is 0 Å². The third-order valence-electron chi connectivity index (χ3n) is 3.63. The monoisotopic (exact) mass is 295 g/mol. The Morgan fingerprint density at radius 2 is 1.82 bits per heavy atom. The van der Waals surface area contributed by atoms with E-state index in [2.05, 4.69) is 9.97 Å². The molecule has 5 heteroatoms. The number of nitrogens with two attached hydrogens (primary N) is 1. The zero-order valence-electron chi connectivity index (χ0n) is 12.5. The van der Waals surface area contributed by atoms with Crippen LogP contribution in [0.5, 0.6) is 11.5 Å². The van der Waals surface area contributed by atoms with Gasteiger partial charge in [0.15, 0.2) is 0 Å². The molecule has 0 amide bonds. The van der Waals surface area contributed by atoms with Gasteiger partial charge in [0.25, 0.3) is 0 Å². The summed E-state index contributed by atoms with van der Waals surface area (Å²) >= 11 is 0. The van der Waals surface area contributed by atoms with Crippen molar-refractivity contribution in [2.75, 3.05) is 20.0 Å².